The molecule has 2 heterocycles. The number of anilines is 3. The van der Waals surface area contributed by atoms with Crippen LogP contribution >= 0.6 is 12.2 Å². The third-order valence-electron chi connectivity index (χ3n) is 3.08. The number of aromatic nitrogens is 1. The van der Waals surface area contributed by atoms with Crippen molar-refractivity contribution in [2.75, 3.05) is 16.8 Å². The van der Waals surface area contributed by atoms with Gasteiger partial charge in [0.15, 0.2) is 0 Å². The monoisotopic (exact) mass is 284 g/mol. The summed E-state index contributed by atoms with van der Waals surface area (Å²) in [5, 5.41) is 2.85. The summed E-state index contributed by atoms with van der Waals surface area (Å²) in [4.78, 5) is 18.1. The number of hydrogen-bond donors (Lipinski definition) is 2. The fraction of sp³-hybridized carbons (Fsp3) is 0.0714. The maximum Gasteiger partial charge on any atom is 0.244 e. The van der Waals surface area contributed by atoms with Gasteiger partial charge in [0, 0.05) is 0 Å². The Balaban J connectivity index is 2.01. The Morgan fingerprint density at radius 1 is 1.30 bits per heavy atom. The molecule has 6 heteroatoms. The summed E-state index contributed by atoms with van der Waals surface area (Å²) in [6.07, 6.45) is 1.67. The molecule has 100 valence electrons. The van der Waals surface area contributed by atoms with Crippen molar-refractivity contribution in [3.63, 3.8) is 0 Å². The van der Waals surface area contributed by atoms with Crippen molar-refractivity contribution >= 4 is 40.2 Å². The minimum atomic E-state index is -0.0536. The highest BCUT2D eigenvalue weighted by atomic mass is 32.1. The number of thiocarbonyl (C=S) groups is 1. The summed E-state index contributed by atoms with van der Waals surface area (Å²) in [7, 11) is 0. The van der Waals surface area contributed by atoms with Gasteiger partial charge in [0.1, 0.15) is 11.5 Å². The number of hydrogen-bond acceptors (Lipinski definition) is 4. The van der Waals surface area contributed by atoms with E-state index in [0.717, 1.165) is 17.1 Å². The third-order valence-corrected chi connectivity index (χ3v) is 3.29. The lowest BCUT2D eigenvalue weighted by Crippen LogP contribution is -2.35. The number of nitrogens with two attached hydrogens (primary N) is 1. The van der Waals surface area contributed by atoms with E-state index in [4.69, 9.17) is 18.0 Å². The minimum Gasteiger partial charge on any atom is -0.388 e. The molecule has 1 aliphatic rings. The van der Waals surface area contributed by atoms with Gasteiger partial charge in [-0.05, 0) is 24.3 Å². The van der Waals surface area contributed by atoms with Crippen LogP contribution in [0.2, 0.25) is 0 Å². The first-order valence-corrected chi connectivity index (χ1v) is 6.48. The van der Waals surface area contributed by atoms with E-state index in [1.807, 2.05) is 35.2 Å². The molecule has 1 aromatic heterocycles. The highest BCUT2D eigenvalue weighted by molar-refractivity contribution is 7.80. The molecule has 0 bridgehead atoms. The molecular weight excluding hydrogens is 272 g/mol. The van der Waals surface area contributed by atoms with Crippen LogP contribution < -0.4 is 16.0 Å². The molecule has 0 unspecified atom stereocenters. The molecule has 1 aliphatic heterocycles. The van der Waals surface area contributed by atoms with Crippen LogP contribution in [0.25, 0.3) is 0 Å². The Kier molecular flexibility index (Phi) is 3.08. The second kappa shape index (κ2) is 4.90. The van der Waals surface area contributed by atoms with Crippen LogP contribution in [-0.2, 0) is 4.79 Å². The normalized spacial score (nSPS) is 13.6. The maximum atomic E-state index is 11.8. The lowest BCUT2D eigenvalue weighted by molar-refractivity contribution is -0.115. The number of fused-ring (bicyclic) bond motifs is 1. The zero-order valence-corrected chi connectivity index (χ0v) is 11.4. The molecule has 3 rings (SSSR count). The molecule has 0 atom stereocenters. The number of para-hydroxylation sites is 2. The predicted octanol–water partition coefficient (Wildman–Crippen LogP) is 1.81. The summed E-state index contributed by atoms with van der Waals surface area (Å²) in [6, 6.07) is 11.3. The van der Waals surface area contributed by atoms with Crippen LogP contribution in [0.3, 0.4) is 0 Å². The molecule has 0 radical (unpaired) electrons. The van der Waals surface area contributed by atoms with Crippen molar-refractivity contribution in [3.8, 4) is 0 Å². The van der Waals surface area contributed by atoms with Gasteiger partial charge in [-0.3, -0.25) is 9.78 Å². The van der Waals surface area contributed by atoms with E-state index in [1.54, 1.807) is 12.3 Å². The van der Waals surface area contributed by atoms with Gasteiger partial charge < -0.3 is 16.0 Å². The van der Waals surface area contributed by atoms with Crippen molar-refractivity contribution < 1.29 is 4.79 Å². The van der Waals surface area contributed by atoms with E-state index in [2.05, 4.69) is 10.3 Å². The van der Waals surface area contributed by atoms with Gasteiger partial charge in [-0.2, -0.15) is 0 Å². The second-order valence-electron chi connectivity index (χ2n) is 4.42. The van der Waals surface area contributed by atoms with Gasteiger partial charge >= 0.3 is 0 Å². The van der Waals surface area contributed by atoms with Gasteiger partial charge in [-0.25, -0.2) is 0 Å². The number of carbonyl (C=O) groups excluding carboxylic acids is 1. The number of nitrogens with one attached hydrogen (secondary N) is 1. The van der Waals surface area contributed by atoms with Gasteiger partial charge in [0.05, 0.1) is 29.0 Å². The topological polar surface area (TPSA) is 71.2 Å². The van der Waals surface area contributed by atoms with Crippen LogP contribution in [-0.4, -0.2) is 22.4 Å². The van der Waals surface area contributed by atoms with E-state index in [9.17, 15) is 4.79 Å². The van der Waals surface area contributed by atoms with Crippen LogP contribution in [0.4, 0.5) is 17.1 Å². The first-order valence-electron chi connectivity index (χ1n) is 6.07. The molecular formula is C14H12N4OS. The molecule has 1 aromatic carbocycles. The lowest BCUT2D eigenvalue weighted by Gasteiger charge is -2.30. The van der Waals surface area contributed by atoms with Crippen molar-refractivity contribution in [1.82, 2.24) is 4.98 Å². The molecule has 5 nitrogen and oxygen atoms in total. The number of amides is 1. The molecule has 0 saturated heterocycles. The van der Waals surface area contributed by atoms with Crippen LogP contribution in [0.15, 0.2) is 42.6 Å². The number of nitrogens with zero attached hydrogens (tertiary/aromatic N) is 2. The standard InChI is InChI=1S/C14H12N4OS/c15-14(20)11-6-5-9(7-16-11)18-8-13(19)17-10-3-1-2-4-12(10)18/h1-7H,8H2,(H2,15,20)(H,17,19). The highest BCUT2D eigenvalue weighted by Crippen LogP contribution is 2.34. The fourth-order valence-electron chi connectivity index (χ4n) is 2.16. The number of carbonyl (C=O) groups is 1. The molecule has 0 aliphatic carbocycles. The summed E-state index contributed by atoms with van der Waals surface area (Å²) < 4.78 is 0. The molecule has 3 N–H and O–H groups in total. The Morgan fingerprint density at radius 3 is 2.80 bits per heavy atom. The minimum absolute atomic E-state index is 0.0536. The second-order valence-corrected chi connectivity index (χ2v) is 4.86. The summed E-state index contributed by atoms with van der Waals surface area (Å²) in [5.41, 5.74) is 8.66. The van der Waals surface area contributed by atoms with Crippen LogP contribution in [0.5, 0.6) is 0 Å². The number of benzene rings is 1. The first kappa shape index (κ1) is 12.6. The fourth-order valence-corrected chi connectivity index (χ4v) is 2.28. The van der Waals surface area contributed by atoms with E-state index < -0.39 is 0 Å². The van der Waals surface area contributed by atoms with E-state index >= 15 is 0 Å². The summed E-state index contributed by atoms with van der Waals surface area (Å²) >= 11 is 4.88. The van der Waals surface area contributed by atoms with E-state index in [0.29, 0.717) is 5.69 Å². The van der Waals surface area contributed by atoms with Gasteiger partial charge in [-0.1, -0.05) is 24.4 Å². The summed E-state index contributed by atoms with van der Waals surface area (Å²) in [5.74, 6) is -0.0536. The van der Waals surface area contributed by atoms with E-state index in [1.165, 1.54) is 0 Å². The number of rotatable bonds is 2. The molecule has 0 saturated carbocycles. The van der Waals surface area contributed by atoms with Gasteiger partial charge in [0.25, 0.3) is 0 Å². The SMILES string of the molecule is NC(=S)c1ccc(N2CC(=O)Nc3ccccc32)cn1. The van der Waals surface area contributed by atoms with Gasteiger partial charge in [-0.15, -0.1) is 0 Å². The molecule has 0 spiro atoms. The molecule has 20 heavy (non-hydrogen) atoms. The quantitative estimate of drug-likeness (QED) is 0.823. The highest BCUT2D eigenvalue weighted by Gasteiger charge is 2.22. The summed E-state index contributed by atoms with van der Waals surface area (Å²) in [6.45, 7) is 0.255. The predicted molar refractivity (Wildman–Crippen MR) is 82.2 cm³/mol. The maximum absolute atomic E-state index is 11.8. The van der Waals surface area contributed by atoms with Crippen molar-refractivity contribution in [2.45, 2.75) is 0 Å². The van der Waals surface area contributed by atoms with Crippen molar-refractivity contribution in [3.05, 3.63) is 48.3 Å². The van der Waals surface area contributed by atoms with E-state index in [-0.39, 0.29) is 17.4 Å². The Morgan fingerprint density at radius 2 is 2.10 bits per heavy atom. The number of pyridine rings is 1. The Hall–Kier alpha value is -2.47. The lowest BCUT2D eigenvalue weighted by atomic mass is 10.1. The Bertz CT molecular complexity index is 684. The van der Waals surface area contributed by atoms with Crippen LogP contribution in [0.1, 0.15) is 5.69 Å². The van der Waals surface area contributed by atoms with Crippen LogP contribution in [0, 0.1) is 0 Å². The first-order chi connectivity index (χ1) is 9.65. The third kappa shape index (κ3) is 2.21. The average molecular weight is 284 g/mol. The van der Waals surface area contributed by atoms with Crippen molar-refractivity contribution in [2.24, 2.45) is 5.73 Å². The smallest absolute Gasteiger partial charge is 0.244 e. The molecule has 0 fully saturated rings. The Labute approximate surface area is 121 Å². The largest absolute Gasteiger partial charge is 0.388 e. The average Bonchev–Trinajstić information content (AvgIpc) is 2.46. The van der Waals surface area contributed by atoms with Crippen molar-refractivity contribution in [1.29, 1.82) is 0 Å². The molecule has 1 amide bonds. The molecule has 2 aromatic rings. The zero-order valence-electron chi connectivity index (χ0n) is 10.5. The van der Waals surface area contributed by atoms with Gasteiger partial charge in [0.2, 0.25) is 5.91 Å². The zero-order chi connectivity index (χ0) is 14.1.